The van der Waals surface area contributed by atoms with Gasteiger partial charge in [0, 0.05) is 13.2 Å². The summed E-state index contributed by atoms with van der Waals surface area (Å²) in [7, 11) is -5.36. The predicted molar refractivity (Wildman–Crippen MR) is 148 cm³/mol. The molecule has 0 aliphatic rings. The second kappa shape index (κ2) is 11.4. The smallest absolute Gasteiger partial charge is 0.280 e. The summed E-state index contributed by atoms with van der Waals surface area (Å²) in [4.78, 5) is 0. The van der Waals surface area contributed by atoms with Gasteiger partial charge in [-0.1, -0.05) is 133 Å². The molecule has 0 heterocycles. The Morgan fingerprint density at radius 2 is 0.676 bits per heavy atom. The van der Waals surface area contributed by atoms with Crippen molar-refractivity contribution in [2.45, 2.75) is 13.8 Å². The molecule has 4 heteroatoms. The van der Waals surface area contributed by atoms with E-state index >= 15 is 0 Å². The van der Waals surface area contributed by atoms with Crippen LogP contribution in [0.1, 0.15) is 13.8 Å². The maximum Gasteiger partial charge on any atom is 0.280 e. The zero-order valence-corrected chi connectivity index (χ0v) is 21.9. The Balaban J connectivity index is 1.97. The fourth-order valence-electron chi connectivity index (χ4n) is 4.58. The van der Waals surface area contributed by atoms with Crippen molar-refractivity contribution >= 4 is 37.4 Å². The van der Waals surface area contributed by atoms with Crippen LogP contribution in [0.25, 0.3) is 0 Å². The normalized spacial score (nSPS) is 12.2. The van der Waals surface area contributed by atoms with E-state index in [1.165, 1.54) is 20.7 Å². The van der Waals surface area contributed by atoms with Gasteiger partial charge in [-0.3, -0.25) is 0 Å². The molecule has 4 aromatic rings. The second-order valence-electron chi connectivity index (χ2n) is 8.13. The average Bonchev–Trinajstić information content (AvgIpc) is 2.92. The number of rotatable bonds is 10. The first-order chi connectivity index (χ1) is 16.7. The van der Waals surface area contributed by atoms with Gasteiger partial charge in [-0.25, -0.2) is 0 Å². The minimum atomic E-state index is -2.68. The van der Waals surface area contributed by atoms with Crippen molar-refractivity contribution in [3.05, 3.63) is 133 Å². The largest absolute Gasteiger partial charge is 0.405 e. The van der Waals surface area contributed by atoms with Crippen molar-refractivity contribution in [3.8, 4) is 0 Å². The Morgan fingerprint density at radius 3 is 0.882 bits per heavy atom. The molecule has 0 aromatic heterocycles. The first-order valence-electron chi connectivity index (χ1n) is 12.0. The van der Waals surface area contributed by atoms with Crippen molar-refractivity contribution in [1.29, 1.82) is 0 Å². The van der Waals surface area contributed by atoms with E-state index in [0.29, 0.717) is 13.2 Å². The molecule has 0 aliphatic heterocycles. The van der Waals surface area contributed by atoms with E-state index in [1.54, 1.807) is 0 Å². The lowest BCUT2D eigenvalue weighted by molar-refractivity contribution is 0.343. The minimum Gasteiger partial charge on any atom is -0.405 e. The van der Waals surface area contributed by atoms with Crippen LogP contribution in [0.5, 0.6) is 0 Å². The van der Waals surface area contributed by atoms with Gasteiger partial charge in [-0.15, -0.1) is 0 Å². The molecule has 0 N–H and O–H groups in total. The van der Waals surface area contributed by atoms with E-state index in [-0.39, 0.29) is 0 Å². The third-order valence-electron chi connectivity index (χ3n) is 6.11. The molecule has 0 atom stereocenters. The molecule has 0 aliphatic carbocycles. The zero-order chi connectivity index (χ0) is 23.7. The van der Waals surface area contributed by atoms with E-state index < -0.39 is 16.6 Å². The topological polar surface area (TPSA) is 18.5 Å². The number of hydrogen-bond acceptors (Lipinski definition) is 2. The molecule has 172 valence electrons. The first-order valence-corrected chi connectivity index (χ1v) is 15.9. The lowest BCUT2D eigenvalue weighted by atomic mass is 10.4. The summed E-state index contributed by atoms with van der Waals surface area (Å²) in [5.74, 6) is 0. The fraction of sp³-hybridized carbons (Fsp3) is 0.133. The van der Waals surface area contributed by atoms with Crippen LogP contribution in [0.3, 0.4) is 0 Å². The van der Waals surface area contributed by atoms with E-state index in [1.807, 2.05) is 0 Å². The zero-order valence-electron chi connectivity index (χ0n) is 19.9. The summed E-state index contributed by atoms with van der Waals surface area (Å²) in [5, 5.41) is 4.94. The van der Waals surface area contributed by atoms with Crippen LogP contribution in [-0.2, 0) is 8.85 Å². The van der Waals surface area contributed by atoms with Gasteiger partial charge in [0.25, 0.3) is 16.6 Å². The monoisotopic (exact) mass is 480 g/mol. The van der Waals surface area contributed by atoms with Crippen LogP contribution in [0.2, 0.25) is 0 Å². The molecule has 4 aromatic carbocycles. The van der Waals surface area contributed by atoms with Crippen LogP contribution >= 0.6 is 0 Å². The Labute approximate surface area is 205 Å². The lowest BCUT2D eigenvalue weighted by Crippen LogP contribution is -2.63. The van der Waals surface area contributed by atoms with Crippen LogP contribution < -0.4 is 20.7 Å². The van der Waals surface area contributed by atoms with Gasteiger partial charge in [0.15, 0.2) is 0 Å². The molecule has 4 rings (SSSR count). The summed E-state index contributed by atoms with van der Waals surface area (Å²) in [6.07, 6.45) is 0. The molecule has 0 saturated carbocycles. The Kier molecular flexibility index (Phi) is 8.09. The Hall–Kier alpha value is -3.03. The highest BCUT2D eigenvalue weighted by atomic mass is 28.4. The molecular weight excluding hydrogens is 449 g/mol. The molecule has 0 saturated heterocycles. The fourth-order valence-corrected chi connectivity index (χ4v) is 12.4. The summed E-state index contributed by atoms with van der Waals surface area (Å²) in [6, 6.07) is 42.7. The van der Waals surface area contributed by atoms with E-state index in [9.17, 15) is 0 Å². The molecule has 2 nitrogen and oxygen atoms in total. The first kappa shape index (κ1) is 24.1. The second-order valence-corrected chi connectivity index (χ2v) is 14.6. The lowest BCUT2D eigenvalue weighted by Gasteiger charge is -2.33. The average molecular weight is 481 g/mol. The molecule has 34 heavy (non-hydrogen) atoms. The van der Waals surface area contributed by atoms with Gasteiger partial charge < -0.3 is 8.85 Å². The molecule has 0 radical (unpaired) electrons. The summed E-state index contributed by atoms with van der Waals surface area (Å²) >= 11 is 0. The SMILES string of the molecule is CCO[Si](/C=C\[Si](OCC)(c1ccccc1)c1ccccc1)(c1ccccc1)c1ccccc1. The van der Waals surface area contributed by atoms with Gasteiger partial charge in [-0.05, 0) is 34.6 Å². The van der Waals surface area contributed by atoms with Crippen LogP contribution in [0, 0.1) is 0 Å². The van der Waals surface area contributed by atoms with Crippen LogP contribution in [0.15, 0.2) is 133 Å². The van der Waals surface area contributed by atoms with Crippen molar-refractivity contribution in [2.75, 3.05) is 13.2 Å². The molecule has 0 fully saturated rings. The number of hydrogen-bond donors (Lipinski definition) is 0. The number of benzene rings is 4. The van der Waals surface area contributed by atoms with Gasteiger partial charge in [-0.2, -0.15) is 0 Å². The highest BCUT2D eigenvalue weighted by Crippen LogP contribution is 2.16. The quantitative estimate of drug-likeness (QED) is 0.317. The molecular formula is C30H32O2Si2. The van der Waals surface area contributed by atoms with Gasteiger partial charge in [0.2, 0.25) is 0 Å². The molecule has 0 bridgehead atoms. The standard InChI is InChI=1S/C30H32O2Si2/c1-3-31-33(27-17-9-5-10-18-27,28-19-11-6-12-20-28)25-26-34(32-4-2,29-21-13-7-14-22-29)30-23-15-8-16-24-30/h5-26H,3-4H2,1-2H3/b26-25-. The minimum absolute atomic E-state index is 0.639. The van der Waals surface area contributed by atoms with Crippen molar-refractivity contribution < 1.29 is 8.85 Å². The highest BCUT2D eigenvalue weighted by Gasteiger charge is 2.42. The van der Waals surface area contributed by atoms with Gasteiger partial charge in [0.1, 0.15) is 0 Å². The summed E-state index contributed by atoms with van der Waals surface area (Å²) < 4.78 is 13.5. The predicted octanol–water partition coefficient (Wildman–Crippen LogP) is 4.21. The summed E-state index contributed by atoms with van der Waals surface area (Å²) in [6.45, 7) is 5.45. The van der Waals surface area contributed by atoms with Gasteiger partial charge >= 0.3 is 0 Å². The van der Waals surface area contributed by atoms with E-state index in [4.69, 9.17) is 8.85 Å². The Bertz CT molecular complexity index is 990. The third-order valence-corrected chi connectivity index (χ3v) is 14.0. The third kappa shape index (κ3) is 4.91. The van der Waals surface area contributed by atoms with E-state index in [0.717, 1.165) is 0 Å². The van der Waals surface area contributed by atoms with Crippen molar-refractivity contribution in [1.82, 2.24) is 0 Å². The van der Waals surface area contributed by atoms with Crippen molar-refractivity contribution in [3.63, 3.8) is 0 Å². The molecule has 0 unspecified atom stereocenters. The Morgan fingerprint density at radius 1 is 0.441 bits per heavy atom. The maximum absolute atomic E-state index is 6.77. The molecule has 0 spiro atoms. The van der Waals surface area contributed by atoms with Crippen LogP contribution in [-0.4, -0.2) is 29.8 Å². The van der Waals surface area contributed by atoms with Crippen molar-refractivity contribution in [2.24, 2.45) is 0 Å². The summed E-state index contributed by atoms with van der Waals surface area (Å²) in [5.41, 5.74) is 4.76. The van der Waals surface area contributed by atoms with Gasteiger partial charge in [0.05, 0.1) is 0 Å². The highest BCUT2D eigenvalue weighted by molar-refractivity contribution is 7.05. The molecule has 0 amide bonds. The van der Waals surface area contributed by atoms with Crippen LogP contribution in [0.4, 0.5) is 0 Å². The van der Waals surface area contributed by atoms with E-state index in [2.05, 4.69) is 147 Å². The maximum atomic E-state index is 6.77.